The molecule has 106 valence electrons. The summed E-state index contributed by atoms with van der Waals surface area (Å²) in [6, 6.07) is 7.69. The smallest absolute Gasteiger partial charge is 0.170 e. The third kappa shape index (κ3) is 4.56. The summed E-state index contributed by atoms with van der Waals surface area (Å²) in [7, 11) is 0. The summed E-state index contributed by atoms with van der Waals surface area (Å²) in [5.74, 6) is 0.727. The Hall–Kier alpha value is -1.55. The van der Waals surface area contributed by atoms with Gasteiger partial charge in [-0.05, 0) is 23.4 Å². The first-order chi connectivity index (χ1) is 8.86. The van der Waals surface area contributed by atoms with Gasteiger partial charge in [0.05, 0.1) is 0 Å². The number of nitrogens with one attached hydrogen (secondary N) is 1. The fourth-order valence-corrected chi connectivity index (χ4v) is 1.71. The van der Waals surface area contributed by atoms with Crippen molar-refractivity contribution in [1.82, 2.24) is 5.32 Å². The second-order valence-electron chi connectivity index (χ2n) is 6.04. The SMILES string of the molecule is CC(CNCc1ccccc1/C(N)=N/O)C(C)(C)C. The van der Waals surface area contributed by atoms with Gasteiger partial charge in [0.2, 0.25) is 0 Å². The van der Waals surface area contributed by atoms with Gasteiger partial charge in [-0.3, -0.25) is 0 Å². The van der Waals surface area contributed by atoms with Crippen LogP contribution in [0.2, 0.25) is 0 Å². The van der Waals surface area contributed by atoms with Gasteiger partial charge in [0, 0.05) is 12.1 Å². The van der Waals surface area contributed by atoms with E-state index in [-0.39, 0.29) is 11.3 Å². The van der Waals surface area contributed by atoms with E-state index < -0.39 is 0 Å². The van der Waals surface area contributed by atoms with Crippen LogP contribution < -0.4 is 11.1 Å². The lowest BCUT2D eigenvalue weighted by Crippen LogP contribution is -2.30. The van der Waals surface area contributed by atoms with Crippen LogP contribution >= 0.6 is 0 Å². The van der Waals surface area contributed by atoms with Crippen molar-refractivity contribution in [3.05, 3.63) is 35.4 Å². The molecule has 0 aliphatic rings. The molecule has 1 aromatic carbocycles. The van der Waals surface area contributed by atoms with Gasteiger partial charge >= 0.3 is 0 Å². The van der Waals surface area contributed by atoms with Crippen molar-refractivity contribution in [2.45, 2.75) is 34.2 Å². The molecule has 0 saturated carbocycles. The van der Waals surface area contributed by atoms with Crippen LogP contribution in [0, 0.1) is 11.3 Å². The van der Waals surface area contributed by atoms with Crippen LogP contribution in [0.3, 0.4) is 0 Å². The molecule has 0 aromatic heterocycles. The van der Waals surface area contributed by atoms with Crippen LogP contribution in [0.1, 0.15) is 38.8 Å². The summed E-state index contributed by atoms with van der Waals surface area (Å²) in [6.07, 6.45) is 0. The number of nitrogens with two attached hydrogens (primary N) is 1. The quantitative estimate of drug-likeness (QED) is 0.331. The van der Waals surface area contributed by atoms with Crippen LogP contribution in [-0.2, 0) is 6.54 Å². The largest absolute Gasteiger partial charge is 0.409 e. The second-order valence-corrected chi connectivity index (χ2v) is 6.04. The first-order valence-corrected chi connectivity index (χ1v) is 6.62. The average Bonchev–Trinajstić information content (AvgIpc) is 2.37. The molecule has 0 heterocycles. The molecule has 4 heteroatoms. The van der Waals surface area contributed by atoms with E-state index in [1.54, 1.807) is 0 Å². The van der Waals surface area contributed by atoms with Gasteiger partial charge in [-0.25, -0.2) is 0 Å². The predicted octanol–water partition coefficient (Wildman–Crippen LogP) is 2.55. The van der Waals surface area contributed by atoms with Crippen molar-refractivity contribution in [3.8, 4) is 0 Å². The maximum Gasteiger partial charge on any atom is 0.170 e. The van der Waals surface area contributed by atoms with E-state index in [1.165, 1.54) is 0 Å². The van der Waals surface area contributed by atoms with Crippen LogP contribution in [-0.4, -0.2) is 17.6 Å². The lowest BCUT2D eigenvalue weighted by Gasteiger charge is -2.27. The van der Waals surface area contributed by atoms with Crippen molar-refractivity contribution in [2.24, 2.45) is 22.2 Å². The van der Waals surface area contributed by atoms with E-state index in [2.05, 4.69) is 38.2 Å². The monoisotopic (exact) mass is 263 g/mol. The van der Waals surface area contributed by atoms with E-state index in [9.17, 15) is 0 Å². The molecule has 0 aliphatic heterocycles. The summed E-state index contributed by atoms with van der Waals surface area (Å²) in [4.78, 5) is 0. The zero-order valence-electron chi connectivity index (χ0n) is 12.3. The van der Waals surface area contributed by atoms with Gasteiger partial charge in [0.25, 0.3) is 0 Å². The Bertz CT molecular complexity index is 435. The molecule has 1 rings (SSSR count). The molecular weight excluding hydrogens is 238 g/mol. The molecule has 0 radical (unpaired) electrons. The molecule has 0 aliphatic carbocycles. The lowest BCUT2D eigenvalue weighted by molar-refractivity contribution is 0.252. The summed E-state index contributed by atoms with van der Waals surface area (Å²) >= 11 is 0. The van der Waals surface area contributed by atoms with E-state index in [0.717, 1.165) is 17.7 Å². The van der Waals surface area contributed by atoms with E-state index in [4.69, 9.17) is 10.9 Å². The molecule has 0 fully saturated rings. The maximum absolute atomic E-state index is 8.78. The van der Waals surface area contributed by atoms with Crippen LogP contribution in [0.4, 0.5) is 0 Å². The molecule has 4 N–H and O–H groups in total. The molecule has 19 heavy (non-hydrogen) atoms. The number of hydrogen-bond donors (Lipinski definition) is 3. The second kappa shape index (κ2) is 6.57. The highest BCUT2D eigenvalue weighted by molar-refractivity contribution is 5.98. The zero-order chi connectivity index (χ0) is 14.5. The molecule has 0 saturated heterocycles. The summed E-state index contributed by atoms with van der Waals surface area (Å²) in [6.45, 7) is 10.6. The normalized spacial score (nSPS) is 14.4. The molecule has 0 amide bonds. The number of oxime groups is 1. The maximum atomic E-state index is 8.78. The van der Waals surface area contributed by atoms with E-state index in [1.807, 2.05) is 24.3 Å². The minimum absolute atomic E-state index is 0.154. The van der Waals surface area contributed by atoms with Crippen LogP contribution in [0.25, 0.3) is 0 Å². The third-order valence-electron chi connectivity index (χ3n) is 3.65. The van der Waals surface area contributed by atoms with Gasteiger partial charge < -0.3 is 16.3 Å². The standard InChI is InChI=1S/C15H25N3O/c1-11(15(2,3)4)9-17-10-12-7-5-6-8-13(12)14(16)18-19/h5-8,11,17,19H,9-10H2,1-4H3,(H2,16,18). The van der Waals surface area contributed by atoms with Crippen molar-refractivity contribution < 1.29 is 5.21 Å². The van der Waals surface area contributed by atoms with Gasteiger partial charge in [0.15, 0.2) is 5.84 Å². The van der Waals surface area contributed by atoms with Gasteiger partial charge in [0.1, 0.15) is 0 Å². The fraction of sp³-hybridized carbons (Fsp3) is 0.533. The van der Waals surface area contributed by atoms with E-state index >= 15 is 0 Å². The highest BCUT2D eigenvalue weighted by Gasteiger charge is 2.19. The topological polar surface area (TPSA) is 70.6 Å². The van der Waals surface area contributed by atoms with Gasteiger partial charge in [-0.1, -0.05) is 57.1 Å². The Morgan fingerprint density at radius 2 is 2.00 bits per heavy atom. The van der Waals surface area contributed by atoms with Crippen LogP contribution in [0.15, 0.2) is 29.4 Å². The number of hydrogen-bond acceptors (Lipinski definition) is 3. The first-order valence-electron chi connectivity index (χ1n) is 6.62. The fourth-order valence-electron chi connectivity index (χ4n) is 1.71. The Morgan fingerprint density at radius 1 is 1.37 bits per heavy atom. The Labute approximate surface area is 115 Å². The average molecular weight is 263 g/mol. The number of amidine groups is 1. The number of rotatable bonds is 5. The molecule has 1 aromatic rings. The summed E-state index contributed by atoms with van der Waals surface area (Å²) in [5.41, 5.74) is 7.78. The van der Waals surface area contributed by atoms with E-state index in [0.29, 0.717) is 12.5 Å². The minimum atomic E-state index is 0.154. The Kier molecular flexibility index (Phi) is 5.36. The highest BCUT2D eigenvalue weighted by atomic mass is 16.4. The van der Waals surface area contributed by atoms with Gasteiger partial charge in [-0.15, -0.1) is 0 Å². The lowest BCUT2D eigenvalue weighted by atomic mass is 9.82. The molecule has 4 nitrogen and oxygen atoms in total. The molecule has 0 bridgehead atoms. The Balaban J connectivity index is 2.64. The highest BCUT2D eigenvalue weighted by Crippen LogP contribution is 2.24. The summed E-state index contributed by atoms with van der Waals surface area (Å²) in [5, 5.41) is 15.3. The molecule has 1 atom stereocenters. The van der Waals surface area contributed by atoms with Crippen molar-refractivity contribution in [3.63, 3.8) is 0 Å². The Morgan fingerprint density at radius 3 is 2.58 bits per heavy atom. The van der Waals surface area contributed by atoms with Crippen LogP contribution in [0.5, 0.6) is 0 Å². The van der Waals surface area contributed by atoms with Crippen molar-refractivity contribution in [1.29, 1.82) is 0 Å². The first kappa shape index (κ1) is 15.5. The van der Waals surface area contributed by atoms with Crippen molar-refractivity contribution >= 4 is 5.84 Å². The van der Waals surface area contributed by atoms with Crippen molar-refractivity contribution in [2.75, 3.05) is 6.54 Å². The minimum Gasteiger partial charge on any atom is -0.409 e. The molecule has 1 unspecified atom stereocenters. The zero-order valence-corrected chi connectivity index (χ0v) is 12.3. The molecular formula is C15H25N3O. The predicted molar refractivity (Wildman–Crippen MR) is 79.3 cm³/mol. The molecule has 0 spiro atoms. The number of nitrogens with zero attached hydrogens (tertiary/aromatic N) is 1. The summed E-state index contributed by atoms with van der Waals surface area (Å²) < 4.78 is 0. The number of benzene rings is 1. The van der Waals surface area contributed by atoms with Gasteiger partial charge in [-0.2, -0.15) is 0 Å². The third-order valence-corrected chi connectivity index (χ3v) is 3.65.